The van der Waals surface area contributed by atoms with E-state index in [9.17, 15) is 4.79 Å². The van der Waals surface area contributed by atoms with Crippen LogP contribution in [0.2, 0.25) is 0 Å². The molecule has 0 atom stereocenters. The molecular weight excluding hydrogens is 260 g/mol. The average molecular weight is 280 g/mol. The molecule has 0 aliphatic heterocycles. The van der Waals surface area contributed by atoms with Crippen LogP contribution in [0.1, 0.15) is 19.5 Å². The number of hydrogen-bond donors (Lipinski definition) is 2. The molecule has 0 fully saturated rings. The van der Waals surface area contributed by atoms with Crippen molar-refractivity contribution in [2.45, 2.75) is 13.8 Å². The van der Waals surface area contributed by atoms with Crippen LogP contribution < -0.4 is 16.0 Å². The molecule has 104 valence electrons. The minimum Gasteiger partial charge on any atom is -0.388 e. The van der Waals surface area contributed by atoms with Gasteiger partial charge in [0.25, 0.3) is 0 Å². The quantitative estimate of drug-likeness (QED) is 0.758. The molecule has 0 saturated carbocycles. The number of thiocarbonyl (C=S) groups is 1. The summed E-state index contributed by atoms with van der Waals surface area (Å²) in [6, 6.07) is 3.64. The van der Waals surface area contributed by atoms with Crippen LogP contribution in [0, 0.1) is 5.92 Å². The van der Waals surface area contributed by atoms with Gasteiger partial charge in [0.2, 0.25) is 5.91 Å². The number of nitrogens with zero attached hydrogens (tertiary/aromatic N) is 2. The van der Waals surface area contributed by atoms with Crippen LogP contribution in [-0.4, -0.2) is 36.0 Å². The van der Waals surface area contributed by atoms with Gasteiger partial charge in [-0.2, -0.15) is 0 Å². The maximum atomic E-state index is 11.8. The standard InChI is InChI=1S/C13H20N4OS/c1-9(2)7-16-11(18)8-17(3)10-5-4-6-15-12(10)13(14)19/h4-6,9H,7-8H2,1-3H3,(H2,14,19)(H,16,18). The molecule has 3 N–H and O–H groups in total. The minimum absolute atomic E-state index is 0.0334. The number of anilines is 1. The first-order chi connectivity index (χ1) is 8.91. The first-order valence-electron chi connectivity index (χ1n) is 6.14. The predicted octanol–water partition coefficient (Wildman–Crippen LogP) is 0.924. The van der Waals surface area contributed by atoms with Gasteiger partial charge in [0, 0.05) is 19.8 Å². The van der Waals surface area contributed by atoms with E-state index in [2.05, 4.69) is 24.1 Å². The van der Waals surface area contributed by atoms with Crippen LogP contribution in [-0.2, 0) is 4.79 Å². The molecule has 1 aromatic heterocycles. The summed E-state index contributed by atoms with van der Waals surface area (Å²) in [5.41, 5.74) is 6.92. The van der Waals surface area contributed by atoms with Crippen molar-refractivity contribution in [3.63, 3.8) is 0 Å². The van der Waals surface area contributed by atoms with Crippen LogP contribution in [0.15, 0.2) is 18.3 Å². The molecule has 1 heterocycles. The Bertz CT molecular complexity index is 462. The Morgan fingerprint density at radius 3 is 2.84 bits per heavy atom. The van der Waals surface area contributed by atoms with Gasteiger partial charge in [-0.15, -0.1) is 0 Å². The first-order valence-corrected chi connectivity index (χ1v) is 6.55. The molecule has 0 aromatic carbocycles. The third-order valence-electron chi connectivity index (χ3n) is 2.52. The Morgan fingerprint density at radius 1 is 1.58 bits per heavy atom. The summed E-state index contributed by atoms with van der Waals surface area (Å²) < 4.78 is 0. The maximum absolute atomic E-state index is 11.8. The van der Waals surface area contributed by atoms with Crippen LogP contribution in [0.25, 0.3) is 0 Å². The molecule has 0 radical (unpaired) electrons. The van der Waals surface area contributed by atoms with E-state index in [4.69, 9.17) is 18.0 Å². The average Bonchev–Trinajstić information content (AvgIpc) is 2.36. The van der Waals surface area contributed by atoms with Crippen LogP contribution in [0.5, 0.6) is 0 Å². The number of hydrogen-bond acceptors (Lipinski definition) is 4. The summed E-state index contributed by atoms with van der Waals surface area (Å²) in [6.45, 7) is 5.02. The monoisotopic (exact) mass is 280 g/mol. The van der Waals surface area contributed by atoms with Gasteiger partial charge in [-0.05, 0) is 18.1 Å². The highest BCUT2D eigenvalue weighted by molar-refractivity contribution is 7.80. The zero-order chi connectivity index (χ0) is 14.4. The van der Waals surface area contributed by atoms with Crippen molar-refractivity contribution in [3.05, 3.63) is 24.0 Å². The molecular formula is C13H20N4OS. The number of rotatable bonds is 6. The number of amides is 1. The number of aromatic nitrogens is 1. The fraction of sp³-hybridized carbons (Fsp3) is 0.462. The van der Waals surface area contributed by atoms with E-state index in [1.54, 1.807) is 17.2 Å². The molecule has 0 aliphatic rings. The van der Waals surface area contributed by atoms with Crippen LogP contribution >= 0.6 is 12.2 Å². The number of carbonyl (C=O) groups is 1. The Balaban J connectivity index is 2.70. The summed E-state index contributed by atoms with van der Waals surface area (Å²) in [7, 11) is 1.81. The van der Waals surface area contributed by atoms with E-state index in [0.29, 0.717) is 18.2 Å². The van der Waals surface area contributed by atoms with E-state index in [1.807, 2.05) is 13.1 Å². The van der Waals surface area contributed by atoms with Gasteiger partial charge in [0.1, 0.15) is 10.7 Å². The highest BCUT2D eigenvalue weighted by atomic mass is 32.1. The van der Waals surface area contributed by atoms with Gasteiger partial charge in [0.15, 0.2) is 0 Å². The largest absolute Gasteiger partial charge is 0.388 e. The lowest BCUT2D eigenvalue weighted by atomic mass is 10.2. The fourth-order valence-corrected chi connectivity index (χ4v) is 1.73. The third kappa shape index (κ3) is 4.82. The summed E-state index contributed by atoms with van der Waals surface area (Å²) >= 11 is 4.96. The van der Waals surface area contributed by atoms with Crippen LogP contribution in [0.3, 0.4) is 0 Å². The molecule has 1 rings (SSSR count). The van der Waals surface area contributed by atoms with Crippen molar-refractivity contribution in [2.75, 3.05) is 25.0 Å². The zero-order valence-electron chi connectivity index (χ0n) is 11.5. The van der Waals surface area contributed by atoms with Crippen molar-refractivity contribution in [1.82, 2.24) is 10.3 Å². The lowest BCUT2D eigenvalue weighted by molar-refractivity contribution is -0.119. The summed E-state index contributed by atoms with van der Waals surface area (Å²) in [5, 5.41) is 2.87. The Kier molecular flexibility index (Phi) is 5.69. The lowest BCUT2D eigenvalue weighted by Crippen LogP contribution is -2.37. The van der Waals surface area contributed by atoms with Gasteiger partial charge in [-0.1, -0.05) is 26.1 Å². The second kappa shape index (κ2) is 7.04. The molecule has 1 amide bonds. The molecule has 0 unspecified atom stereocenters. The molecule has 0 saturated heterocycles. The van der Waals surface area contributed by atoms with E-state index in [1.165, 1.54) is 0 Å². The van der Waals surface area contributed by atoms with E-state index in [0.717, 1.165) is 5.69 Å². The van der Waals surface area contributed by atoms with Gasteiger partial charge in [0.05, 0.1) is 12.2 Å². The smallest absolute Gasteiger partial charge is 0.239 e. The van der Waals surface area contributed by atoms with Gasteiger partial charge < -0.3 is 16.0 Å². The van der Waals surface area contributed by atoms with Crippen molar-refractivity contribution in [1.29, 1.82) is 0 Å². The number of likely N-dealkylation sites (N-methyl/N-ethyl adjacent to an activating group) is 1. The van der Waals surface area contributed by atoms with E-state index < -0.39 is 0 Å². The van der Waals surface area contributed by atoms with Crippen molar-refractivity contribution in [2.24, 2.45) is 11.7 Å². The summed E-state index contributed by atoms with van der Waals surface area (Å²) in [5.74, 6) is 0.397. The van der Waals surface area contributed by atoms with Gasteiger partial charge in [-0.3, -0.25) is 9.78 Å². The SMILES string of the molecule is CC(C)CNC(=O)CN(C)c1cccnc1C(N)=S. The molecule has 0 bridgehead atoms. The second-order valence-electron chi connectivity index (χ2n) is 4.79. The highest BCUT2D eigenvalue weighted by Crippen LogP contribution is 2.16. The molecule has 0 spiro atoms. The Labute approximate surface area is 119 Å². The van der Waals surface area contributed by atoms with Crippen molar-refractivity contribution in [3.8, 4) is 0 Å². The molecule has 0 aliphatic carbocycles. The summed E-state index contributed by atoms with van der Waals surface area (Å²) in [6.07, 6.45) is 1.63. The predicted molar refractivity (Wildman–Crippen MR) is 81.2 cm³/mol. The summed E-state index contributed by atoms with van der Waals surface area (Å²) in [4.78, 5) is 17.9. The van der Waals surface area contributed by atoms with E-state index in [-0.39, 0.29) is 17.4 Å². The molecule has 19 heavy (non-hydrogen) atoms. The molecule has 1 aromatic rings. The first kappa shape index (κ1) is 15.4. The van der Waals surface area contributed by atoms with Crippen molar-refractivity contribution >= 4 is 28.8 Å². The number of nitrogens with one attached hydrogen (secondary N) is 1. The Hall–Kier alpha value is -1.69. The molecule has 6 heteroatoms. The zero-order valence-corrected chi connectivity index (χ0v) is 12.3. The minimum atomic E-state index is -0.0334. The maximum Gasteiger partial charge on any atom is 0.239 e. The van der Waals surface area contributed by atoms with Gasteiger partial charge >= 0.3 is 0 Å². The highest BCUT2D eigenvalue weighted by Gasteiger charge is 2.13. The number of carbonyl (C=O) groups excluding carboxylic acids is 1. The van der Waals surface area contributed by atoms with Crippen LogP contribution in [0.4, 0.5) is 5.69 Å². The fourth-order valence-electron chi connectivity index (χ4n) is 1.57. The molecule has 5 nitrogen and oxygen atoms in total. The lowest BCUT2D eigenvalue weighted by Gasteiger charge is -2.21. The van der Waals surface area contributed by atoms with Crippen molar-refractivity contribution < 1.29 is 4.79 Å². The third-order valence-corrected chi connectivity index (χ3v) is 2.71. The normalized spacial score (nSPS) is 10.3. The topological polar surface area (TPSA) is 71.2 Å². The Morgan fingerprint density at radius 2 is 2.26 bits per heavy atom. The number of nitrogens with two attached hydrogens (primary N) is 1. The number of pyridine rings is 1. The van der Waals surface area contributed by atoms with E-state index >= 15 is 0 Å². The van der Waals surface area contributed by atoms with Gasteiger partial charge in [-0.25, -0.2) is 0 Å². The second-order valence-corrected chi connectivity index (χ2v) is 5.23.